The van der Waals surface area contributed by atoms with Crippen LogP contribution in [0.25, 0.3) is 0 Å². The third kappa shape index (κ3) is 4.18. The van der Waals surface area contributed by atoms with Gasteiger partial charge in [0.1, 0.15) is 5.76 Å². The predicted molar refractivity (Wildman–Crippen MR) is 86.2 cm³/mol. The fourth-order valence-electron chi connectivity index (χ4n) is 2.54. The maximum atomic E-state index is 5.20. The van der Waals surface area contributed by atoms with Crippen molar-refractivity contribution < 1.29 is 4.52 Å². The van der Waals surface area contributed by atoms with Crippen molar-refractivity contribution in [3.63, 3.8) is 0 Å². The fourth-order valence-corrected chi connectivity index (χ4v) is 2.54. The van der Waals surface area contributed by atoms with Crippen LogP contribution in [0.5, 0.6) is 0 Å². The van der Waals surface area contributed by atoms with Gasteiger partial charge in [-0.1, -0.05) is 43.3 Å². The fraction of sp³-hybridized carbons (Fsp3) is 0.500. The Kier molecular flexibility index (Phi) is 5.18. The van der Waals surface area contributed by atoms with Crippen LogP contribution < -0.4 is 5.32 Å². The number of aryl methyl sites for hydroxylation is 2. The number of nitrogens with zero attached hydrogens (tertiary/aromatic N) is 1. The van der Waals surface area contributed by atoms with Gasteiger partial charge in [-0.25, -0.2) is 0 Å². The second-order valence-corrected chi connectivity index (χ2v) is 6.24. The molecule has 0 aliphatic heterocycles. The molecule has 0 spiro atoms. The molecule has 114 valence electrons. The lowest BCUT2D eigenvalue weighted by Crippen LogP contribution is -2.18. The summed E-state index contributed by atoms with van der Waals surface area (Å²) in [5.41, 5.74) is 4.86. The van der Waals surface area contributed by atoms with E-state index in [0.717, 1.165) is 24.4 Å². The van der Waals surface area contributed by atoms with Crippen LogP contribution in [-0.2, 0) is 13.0 Å². The van der Waals surface area contributed by atoms with E-state index in [2.05, 4.69) is 55.5 Å². The Bertz CT molecular complexity index is 550. The number of benzene rings is 1. The second kappa shape index (κ2) is 6.90. The Morgan fingerprint density at radius 2 is 1.76 bits per heavy atom. The third-order valence-electron chi connectivity index (χ3n) is 3.89. The molecule has 2 aromatic rings. The van der Waals surface area contributed by atoms with Gasteiger partial charge in [0, 0.05) is 18.2 Å². The normalized spacial score (nSPS) is 12.9. The van der Waals surface area contributed by atoms with Crippen LogP contribution in [0.3, 0.4) is 0 Å². The van der Waals surface area contributed by atoms with Gasteiger partial charge in [0.2, 0.25) is 0 Å². The second-order valence-electron chi connectivity index (χ2n) is 6.24. The molecule has 1 aromatic carbocycles. The van der Waals surface area contributed by atoms with Crippen LogP contribution >= 0.6 is 0 Å². The molecule has 1 aromatic heterocycles. The lowest BCUT2D eigenvalue weighted by atomic mass is 10.00. The maximum Gasteiger partial charge on any atom is 0.138 e. The van der Waals surface area contributed by atoms with Gasteiger partial charge in [-0.2, -0.15) is 0 Å². The molecule has 21 heavy (non-hydrogen) atoms. The first-order valence-electron chi connectivity index (χ1n) is 7.71. The molecule has 0 saturated carbocycles. The average molecular weight is 286 g/mol. The Morgan fingerprint density at radius 3 is 2.29 bits per heavy atom. The van der Waals surface area contributed by atoms with Crippen LogP contribution in [0, 0.1) is 19.8 Å². The van der Waals surface area contributed by atoms with Crippen LogP contribution in [0.15, 0.2) is 28.8 Å². The van der Waals surface area contributed by atoms with E-state index < -0.39 is 0 Å². The highest BCUT2D eigenvalue weighted by Gasteiger charge is 2.11. The van der Waals surface area contributed by atoms with E-state index in [1.807, 2.05) is 13.8 Å². The number of hydrogen-bond acceptors (Lipinski definition) is 3. The highest BCUT2D eigenvalue weighted by molar-refractivity contribution is 5.26. The van der Waals surface area contributed by atoms with Crippen LogP contribution in [-0.4, -0.2) is 5.16 Å². The molecule has 0 fully saturated rings. The maximum absolute atomic E-state index is 5.20. The molecule has 2 rings (SSSR count). The first kappa shape index (κ1) is 15.8. The molecule has 1 atom stereocenters. The number of aromatic nitrogens is 1. The number of nitrogens with one attached hydrogen (secondary N) is 1. The topological polar surface area (TPSA) is 38.1 Å². The summed E-state index contributed by atoms with van der Waals surface area (Å²) in [4.78, 5) is 0. The quantitative estimate of drug-likeness (QED) is 0.858. The van der Waals surface area contributed by atoms with Gasteiger partial charge < -0.3 is 9.84 Å². The molecule has 0 saturated heterocycles. The molecule has 0 aliphatic rings. The molecule has 3 heteroatoms. The van der Waals surface area contributed by atoms with E-state index in [1.54, 1.807) is 0 Å². The van der Waals surface area contributed by atoms with Gasteiger partial charge in [-0.15, -0.1) is 0 Å². The summed E-state index contributed by atoms with van der Waals surface area (Å²) in [5.74, 6) is 1.60. The Morgan fingerprint density at radius 1 is 1.10 bits per heavy atom. The van der Waals surface area contributed by atoms with Crippen LogP contribution in [0.4, 0.5) is 0 Å². The van der Waals surface area contributed by atoms with Crippen molar-refractivity contribution in [1.29, 1.82) is 0 Å². The van der Waals surface area contributed by atoms with Gasteiger partial charge >= 0.3 is 0 Å². The molecule has 3 nitrogen and oxygen atoms in total. The Hall–Kier alpha value is -1.61. The SMILES string of the molecule is Cc1noc(C)c1CNC(C)c1ccc(CC(C)C)cc1. The zero-order valence-corrected chi connectivity index (χ0v) is 13.7. The molecule has 1 heterocycles. The Balaban J connectivity index is 1.95. The van der Waals surface area contributed by atoms with Crippen LogP contribution in [0.2, 0.25) is 0 Å². The van der Waals surface area contributed by atoms with E-state index in [0.29, 0.717) is 12.0 Å². The van der Waals surface area contributed by atoms with Crippen molar-refractivity contribution in [3.8, 4) is 0 Å². The van der Waals surface area contributed by atoms with Gasteiger partial charge in [0.25, 0.3) is 0 Å². The summed E-state index contributed by atoms with van der Waals surface area (Å²) < 4.78 is 5.20. The van der Waals surface area contributed by atoms with Crippen molar-refractivity contribution in [2.45, 2.75) is 53.6 Å². The molecular weight excluding hydrogens is 260 g/mol. The highest BCUT2D eigenvalue weighted by Crippen LogP contribution is 2.18. The minimum Gasteiger partial charge on any atom is -0.361 e. The minimum absolute atomic E-state index is 0.312. The summed E-state index contributed by atoms with van der Waals surface area (Å²) in [7, 11) is 0. The van der Waals surface area contributed by atoms with Crippen molar-refractivity contribution in [2.24, 2.45) is 5.92 Å². The first-order chi connectivity index (χ1) is 9.97. The molecule has 0 amide bonds. The smallest absolute Gasteiger partial charge is 0.138 e. The van der Waals surface area contributed by atoms with E-state index in [1.165, 1.54) is 16.7 Å². The molecule has 0 bridgehead atoms. The summed E-state index contributed by atoms with van der Waals surface area (Å²) in [6, 6.07) is 9.24. The molecule has 0 aliphatic carbocycles. The monoisotopic (exact) mass is 286 g/mol. The summed E-state index contributed by atoms with van der Waals surface area (Å²) >= 11 is 0. The number of hydrogen-bond donors (Lipinski definition) is 1. The van der Waals surface area contributed by atoms with E-state index in [-0.39, 0.29) is 0 Å². The standard InChI is InChI=1S/C18H26N2O/c1-12(2)10-16-6-8-17(9-7-16)13(3)19-11-18-14(4)20-21-15(18)5/h6-9,12-13,19H,10-11H2,1-5H3. The number of rotatable bonds is 6. The zero-order chi connectivity index (χ0) is 15.4. The summed E-state index contributed by atoms with van der Waals surface area (Å²) in [6.45, 7) is 11.4. The molecular formula is C18H26N2O. The van der Waals surface area contributed by atoms with Gasteiger partial charge in [-0.3, -0.25) is 0 Å². The van der Waals surface area contributed by atoms with Gasteiger partial charge in [-0.05, 0) is 44.2 Å². The van der Waals surface area contributed by atoms with E-state index in [4.69, 9.17) is 4.52 Å². The minimum atomic E-state index is 0.312. The van der Waals surface area contributed by atoms with Crippen molar-refractivity contribution >= 4 is 0 Å². The van der Waals surface area contributed by atoms with Gasteiger partial charge in [0.15, 0.2) is 0 Å². The Labute approximate surface area is 127 Å². The third-order valence-corrected chi connectivity index (χ3v) is 3.89. The predicted octanol–water partition coefficient (Wildman–Crippen LogP) is 4.34. The lowest BCUT2D eigenvalue weighted by Gasteiger charge is -2.15. The molecule has 1 unspecified atom stereocenters. The highest BCUT2D eigenvalue weighted by atomic mass is 16.5. The first-order valence-corrected chi connectivity index (χ1v) is 7.71. The van der Waals surface area contributed by atoms with Crippen molar-refractivity contribution in [2.75, 3.05) is 0 Å². The average Bonchev–Trinajstić information content (AvgIpc) is 2.75. The lowest BCUT2D eigenvalue weighted by molar-refractivity contribution is 0.391. The summed E-state index contributed by atoms with van der Waals surface area (Å²) in [5, 5.41) is 7.53. The zero-order valence-electron chi connectivity index (χ0n) is 13.7. The van der Waals surface area contributed by atoms with Crippen molar-refractivity contribution in [3.05, 3.63) is 52.4 Å². The van der Waals surface area contributed by atoms with Crippen molar-refractivity contribution in [1.82, 2.24) is 10.5 Å². The van der Waals surface area contributed by atoms with Gasteiger partial charge in [0.05, 0.1) is 5.69 Å². The largest absolute Gasteiger partial charge is 0.361 e. The molecule has 1 N–H and O–H groups in total. The molecule has 0 radical (unpaired) electrons. The van der Waals surface area contributed by atoms with E-state index >= 15 is 0 Å². The van der Waals surface area contributed by atoms with E-state index in [9.17, 15) is 0 Å². The van der Waals surface area contributed by atoms with Crippen LogP contribution in [0.1, 0.15) is 55.0 Å². The summed E-state index contributed by atoms with van der Waals surface area (Å²) in [6.07, 6.45) is 1.14.